The molecule has 2 rings (SSSR count). The third-order valence-electron chi connectivity index (χ3n) is 3.70. The Morgan fingerprint density at radius 2 is 1.88 bits per heavy atom. The Labute approximate surface area is 187 Å². The normalized spacial score (nSPS) is 11.4. The van der Waals surface area contributed by atoms with Gasteiger partial charge in [-0.05, 0) is 30.2 Å². The summed E-state index contributed by atoms with van der Waals surface area (Å²) in [6.07, 6.45) is -0.430. The zero-order chi connectivity index (χ0) is 24.1. The van der Waals surface area contributed by atoms with E-state index in [1.54, 1.807) is 0 Å². The van der Waals surface area contributed by atoms with Gasteiger partial charge >= 0.3 is 5.97 Å². The molecule has 0 saturated carbocycles. The lowest BCUT2D eigenvalue weighted by Gasteiger charge is -2.22. The summed E-state index contributed by atoms with van der Waals surface area (Å²) in [4.78, 5) is 45.3. The van der Waals surface area contributed by atoms with Crippen LogP contribution >= 0.6 is 11.3 Å². The Morgan fingerprint density at radius 1 is 1.25 bits per heavy atom. The van der Waals surface area contributed by atoms with Crippen molar-refractivity contribution in [2.45, 2.75) is 30.9 Å². The van der Waals surface area contributed by atoms with Gasteiger partial charge in [-0.25, -0.2) is 17.8 Å². The molecule has 0 bridgehead atoms. The number of aromatic nitrogens is 1. The number of carbonyl (C=O) groups excluding carboxylic acids is 2. The Balaban J connectivity index is 2.17. The van der Waals surface area contributed by atoms with Crippen LogP contribution < -0.4 is 10.4 Å². The highest BCUT2D eigenvalue weighted by atomic mass is 32.2. The number of sulfone groups is 1. The van der Waals surface area contributed by atoms with Gasteiger partial charge in [0, 0.05) is 6.26 Å². The maximum Gasteiger partial charge on any atom is 0.309 e. The minimum Gasteiger partial charge on any atom is -0.481 e. The number of nitrogens with zero attached hydrogens (tertiary/aromatic N) is 2. The van der Waals surface area contributed by atoms with E-state index in [0.717, 1.165) is 23.5 Å². The van der Waals surface area contributed by atoms with E-state index < -0.39 is 46.3 Å². The van der Waals surface area contributed by atoms with E-state index in [4.69, 9.17) is 9.94 Å². The molecule has 1 aromatic heterocycles. The van der Waals surface area contributed by atoms with Crippen molar-refractivity contribution in [1.82, 2.24) is 4.98 Å². The first-order valence-electron chi connectivity index (χ1n) is 9.29. The lowest BCUT2D eigenvalue weighted by Crippen LogP contribution is -2.35. The van der Waals surface area contributed by atoms with Crippen LogP contribution in [0.3, 0.4) is 0 Å². The molecule has 0 saturated heterocycles. The van der Waals surface area contributed by atoms with Crippen LogP contribution in [0.2, 0.25) is 0 Å². The van der Waals surface area contributed by atoms with E-state index in [2.05, 4.69) is 10.3 Å². The van der Waals surface area contributed by atoms with Crippen LogP contribution in [0.4, 0.5) is 15.2 Å². The van der Waals surface area contributed by atoms with Crippen molar-refractivity contribution >= 4 is 49.8 Å². The highest BCUT2D eigenvalue weighted by Crippen LogP contribution is 2.28. The number of nitrogens with one attached hydrogen (secondary N) is 1. The van der Waals surface area contributed by atoms with Crippen LogP contribution in [0.15, 0.2) is 28.5 Å². The Bertz CT molecular complexity index is 1100. The summed E-state index contributed by atoms with van der Waals surface area (Å²) >= 11 is 0.592. The number of carboxylic acid groups (broad SMARTS) is 1. The summed E-state index contributed by atoms with van der Waals surface area (Å²) in [5, 5.41) is 12.0. The molecule has 1 heterocycles. The molecule has 0 aliphatic heterocycles. The molecule has 0 atom stereocenters. The van der Waals surface area contributed by atoms with Gasteiger partial charge in [0.1, 0.15) is 16.4 Å². The van der Waals surface area contributed by atoms with Crippen LogP contribution in [0.5, 0.6) is 0 Å². The minimum absolute atomic E-state index is 0.0666. The van der Waals surface area contributed by atoms with Crippen molar-refractivity contribution in [2.75, 3.05) is 23.2 Å². The smallest absolute Gasteiger partial charge is 0.309 e. The Morgan fingerprint density at radius 3 is 2.41 bits per heavy atom. The van der Waals surface area contributed by atoms with Crippen molar-refractivity contribution in [3.05, 3.63) is 35.8 Å². The maximum atomic E-state index is 13.2. The second-order valence-electron chi connectivity index (χ2n) is 7.17. The van der Waals surface area contributed by atoms with Gasteiger partial charge < -0.3 is 10.4 Å². The molecule has 0 radical (unpaired) electrons. The lowest BCUT2D eigenvalue weighted by molar-refractivity contribution is -0.136. The van der Waals surface area contributed by atoms with E-state index in [0.29, 0.717) is 11.3 Å². The lowest BCUT2D eigenvalue weighted by atomic mass is 10.2. The van der Waals surface area contributed by atoms with Gasteiger partial charge in [-0.1, -0.05) is 25.2 Å². The zero-order valence-corrected chi connectivity index (χ0v) is 19.1. The average molecular weight is 488 g/mol. The largest absolute Gasteiger partial charge is 0.481 e. The SMILES string of the molecule is CC(C)CON(C(=O)CC(=O)Nc1nc(CC(=O)O)c(S(C)(=O)=O)s1)c1ccc(F)cc1. The highest BCUT2D eigenvalue weighted by molar-refractivity contribution is 7.92. The van der Waals surface area contributed by atoms with Crippen molar-refractivity contribution in [1.29, 1.82) is 0 Å². The van der Waals surface area contributed by atoms with E-state index >= 15 is 0 Å². The molecule has 2 N–H and O–H groups in total. The number of aliphatic carboxylic acids is 1. The average Bonchev–Trinajstić information content (AvgIpc) is 3.04. The van der Waals surface area contributed by atoms with E-state index in [1.807, 2.05) is 13.8 Å². The molecule has 2 aromatic rings. The molecule has 13 heteroatoms. The van der Waals surface area contributed by atoms with Gasteiger partial charge in [-0.3, -0.25) is 19.2 Å². The number of rotatable bonds is 10. The van der Waals surface area contributed by atoms with E-state index in [9.17, 15) is 27.2 Å². The van der Waals surface area contributed by atoms with Gasteiger partial charge in [-0.2, -0.15) is 5.06 Å². The van der Waals surface area contributed by atoms with Crippen molar-refractivity contribution in [3.63, 3.8) is 0 Å². The summed E-state index contributed by atoms with van der Waals surface area (Å²) in [5.41, 5.74) is 0.0158. The van der Waals surface area contributed by atoms with Gasteiger partial charge in [0.05, 0.1) is 24.4 Å². The minimum atomic E-state index is -3.77. The number of anilines is 2. The second kappa shape index (κ2) is 10.6. The molecule has 174 valence electrons. The standard InChI is InChI=1S/C19H22FN3O7S2/c1-11(2)10-30-23(13-6-4-12(20)5-7-13)16(25)9-15(24)22-19-21-14(8-17(26)27)18(31-19)32(3,28)29/h4-7,11H,8-10H2,1-3H3,(H,26,27)(H,21,22,24). The first-order chi connectivity index (χ1) is 14.9. The Hall–Kier alpha value is -2.90. The number of hydroxylamine groups is 1. The molecule has 2 amide bonds. The van der Waals surface area contributed by atoms with Crippen molar-refractivity contribution in [3.8, 4) is 0 Å². The van der Waals surface area contributed by atoms with Crippen LogP contribution in [0.1, 0.15) is 26.0 Å². The van der Waals surface area contributed by atoms with Crippen LogP contribution in [-0.2, 0) is 35.5 Å². The quantitative estimate of drug-likeness (QED) is 0.384. The Kier molecular flexibility index (Phi) is 8.41. The van der Waals surface area contributed by atoms with Gasteiger partial charge in [0.15, 0.2) is 15.0 Å². The molecule has 1 aromatic carbocycles. The highest BCUT2D eigenvalue weighted by Gasteiger charge is 2.25. The van der Waals surface area contributed by atoms with Gasteiger partial charge in [0.25, 0.3) is 5.91 Å². The number of carbonyl (C=O) groups is 3. The van der Waals surface area contributed by atoms with E-state index in [1.165, 1.54) is 12.1 Å². The maximum absolute atomic E-state index is 13.2. The number of amides is 2. The van der Waals surface area contributed by atoms with E-state index in [-0.39, 0.29) is 33.2 Å². The third kappa shape index (κ3) is 7.35. The van der Waals surface area contributed by atoms with Crippen LogP contribution in [0, 0.1) is 11.7 Å². The summed E-state index contributed by atoms with van der Waals surface area (Å²) in [7, 11) is -3.77. The fraction of sp³-hybridized carbons (Fsp3) is 0.368. The topological polar surface area (TPSA) is 143 Å². The second-order valence-corrected chi connectivity index (χ2v) is 10.4. The predicted molar refractivity (Wildman–Crippen MR) is 114 cm³/mol. The van der Waals surface area contributed by atoms with Crippen LogP contribution in [-0.4, -0.2) is 49.2 Å². The number of thiazole rings is 1. The predicted octanol–water partition coefficient (Wildman–Crippen LogP) is 2.26. The number of hydrogen-bond acceptors (Lipinski definition) is 8. The molecule has 0 unspecified atom stereocenters. The molecule has 0 spiro atoms. The third-order valence-corrected chi connectivity index (χ3v) is 6.57. The zero-order valence-electron chi connectivity index (χ0n) is 17.5. The molecular formula is C19H22FN3O7S2. The van der Waals surface area contributed by atoms with Crippen molar-refractivity contribution in [2.24, 2.45) is 5.92 Å². The number of hydrogen-bond donors (Lipinski definition) is 2. The first kappa shape index (κ1) is 25.4. The van der Waals surface area contributed by atoms with Gasteiger partial charge in [-0.15, -0.1) is 0 Å². The molecule has 0 aliphatic rings. The summed E-state index contributed by atoms with van der Waals surface area (Å²) < 4.78 is 36.7. The monoisotopic (exact) mass is 487 g/mol. The number of halogens is 1. The van der Waals surface area contributed by atoms with Crippen molar-refractivity contribution < 1.29 is 37.1 Å². The molecule has 32 heavy (non-hydrogen) atoms. The summed E-state index contributed by atoms with van der Waals surface area (Å²) in [5.74, 6) is -3.29. The summed E-state index contributed by atoms with van der Waals surface area (Å²) in [6.45, 7) is 3.88. The molecule has 0 fully saturated rings. The number of benzene rings is 1. The first-order valence-corrected chi connectivity index (χ1v) is 12.0. The fourth-order valence-corrected chi connectivity index (χ4v) is 4.52. The number of carboxylic acids is 1. The fourth-order valence-electron chi connectivity index (χ4n) is 2.40. The van der Waals surface area contributed by atoms with Gasteiger partial charge in [0.2, 0.25) is 5.91 Å². The summed E-state index contributed by atoms with van der Waals surface area (Å²) in [6, 6.07) is 4.92. The molecular weight excluding hydrogens is 465 g/mol. The molecule has 10 nitrogen and oxygen atoms in total. The molecule has 0 aliphatic carbocycles. The van der Waals surface area contributed by atoms with Crippen LogP contribution in [0.25, 0.3) is 0 Å².